The highest BCUT2D eigenvalue weighted by Crippen LogP contribution is 2.32. The fourth-order valence-electron chi connectivity index (χ4n) is 3.99. The molecule has 0 spiro atoms. The zero-order chi connectivity index (χ0) is 24.6. The first-order chi connectivity index (χ1) is 15.5. The van der Waals surface area contributed by atoms with Gasteiger partial charge in [-0.1, -0.05) is 0 Å². The first kappa shape index (κ1) is 27.0. The molecule has 3 aliphatic heterocycles. The van der Waals surface area contributed by atoms with Gasteiger partial charge in [-0.05, 0) is 6.92 Å². The summed E-state index contributed by atoms with van der Waals surface area (Å²) in [7, 11) is 0. The Balaban J connectivity index is 1.83. The molecule has 15 heteroatoms. The Morgan fingerprint density at radius 3 is 1.64 bits per heavy atom. The molecule has 0 aliphatic carbocycles. The summed E-state index contributed by atoms with van der Waals surface area (Å²) < 4.78 is 26.9. The van der Waals surface area contributed by atoms with E-state index in [9.17, 15) is 51.1 Å². The third-order valence-corrected chi connectivity index (χ3v) is 6.05. The fraction of sp³-hybridized carbons (Fsp3) is 1.00. The summed E-state index contributed by atoms with van der Waals surface area (Å²) in [5.41, 5.74) is 0. The molecule has 0 aromatic heterocycles. The highest BCUT2D eigenvalue weighted by Gasteiger charge is 2.53. The van der Waals surface area contributed by atoms with Crippen LogP contribution in [-0.2, 0) is 23.7 Å². The van der Waals surface area contributed by atoms with Crippen LogP contribution in [0.1, 0.15) is 6.92 Å². The summed E-state index contributed by atoms with van der Waals surface area (Å²) in [5.74, 6) is 0. The first-order valence-electron chi connectivity index (χ1n) is 10.4. The Labute approximate surface area is 187 Å². The van der Waals surface area contributed by atoms with Crippen LogP contribution in [0.15, 0.2) is 0 Å². The molecule has 3 aliphatic rings. The Morgan fingerprint density at radius 2 is 1.06 bits per heavy atom. The van der Waals surface area contributed by atoms with Crippen molar-refractivity contribution >= 4 is 0 Å². The van der Waals surface area contributed by atoms with Crippen LogP contribution in [-0.4, -0.2) is 156 Å². The SMILES string of the molecule is C[C@@H]1O[C@@H](O[C@H]2[C@@H](O[C@@H]3O[C@H](CO)[C@@H](O)[C@H](O)[C@H]3O)[C@@H](CO)OC(O)[C@@H]2O)[C@H](O)[C@H](O)[C@H]1O. The standard InChI is InChI=1S/C18H32O15/c1-4-7(21)9(23)11(25)17(29-4)33-15-13(27)16(28)30-6(3-20)14(15)32-18-12(26)10(24)8(22)5(2-19)31-18/h4-28H,2-3H2,1H3/t4-,5+,6+,7-,8+,9+,10-,11+,12+,13+,14-,15+,16?,17-,18-/m0/s1. The average Bonchev–Trinajstić information content (AvgIpc) is 2.80. The average molecular weight is 488 g/mol. The maximum atomic E-state index is 10.5. The number of hydrogen-bond donors (Lipinski definition) is 10. The lowest BCUT2D eigenvalue weighted by atomic mass is 9.96. The van der Waals surface area contributed by atoms with Crippen LogP contribution in [0.3, 0.4) is 0 Å². The Kier molecular flexibility index (Phi) is 8.99. The Hall–Kier alpha value is -0.600. The number of aliphatic hydroxyl groups excluding tert-OH is 10. The lowest BCUT2D eigenvalue weighted by Crippen LogP contribution is -2.66. The van der Waals surface area contributed by atoms with E-state index >= 15 is 0 Å². The quantitative estimate of drug-likeness (QED) is 0.167. The molecular formula is C18H32O15. The molecule has 15 atom stereocenters. The van der Waals surface area contributed by atoms with Crippen LogP contribution in [0.4, 0.5) is 0 Å². The molecular weight excluding hydrogens is 456 g/mol. The van der Waals surface area contributed by atoms with Crippen molar-refractivity contribution in [1.29, 1.82) is 0 Å². The van der Waals surface area contributed by atoms with Gasteiger partial charge in [-0.25, -0.2) is 0 Å². The second kappa shape index (κ2) is 11.0. The Bertz CT molecular complexity index is 624. The maximum Gasteiger partial charge on any atom is 0.187 e. The van der Waals surface area contributed by atoms with E-state index in [-0.39, 0.29) is 0 Å². The van der Waals surface area contributed by atoms with Gasteiger partial charge in [0.05, 0.1) is 19.3 Å². The highest BCUT2D eigenvalue weighted by atomic mass is 16.8. The summed E-state index contributed by atoms with van der Waals surface area (Å²) in [5, 5.41) is 99.8. The smallest absolute Gasteiger partial charge is 0.187 e. The van der Waals surface area contributed by atoms with Crippen molar-refractivity contribution in [2.24, 2.45) is 0 Å². The monoisotopic (exact) mass is 488 g/mol. The molecule has 0 saturated carbocycles. The van der Waals surface area contributed by atoms with Crippen molar-refractivity contribution in [2.75, 3.05) is 13.2 Å². The van der Waals surface area contributed by atoms with E-state index in [1.807, 2.05) is 0 Å². The summed E-state index contributed by atoms with van der Waals surface area (Å²) in [6.07, 6.45) is -24.0. The molecule has 0 radical (unpaired) electrons. The van der Waals surface area contributed by atoms with Gasteiger partial charge in [-0.2, -0.15) is 0 Å². The van der Waals surface area contributed by atoms with E-state index in [0.717, 1.165) is 0 Å². The molecule has 0 aromatic carbocycles. The van der Waals surface area contributed by atoms with Crippen LogP contribution < -0.4 is 0 Å². The third-order valence-electron chi connectivity index (χ3n) is 6.05. The number of aliphatic hydroxyl groups is 10. The summed E-state index contributed by atoms with van der Waals surface area (Å²) >= 11 is 0. The van der Waals surface area contributed by atoms with Crippen molar-refractivity contribution in [2.45, 2.75) is 99.0 Å². The molecule has 10 N–H and O–H groups in total. The number of hydrogen-bond acceptors (Lipinski definition) is 15. The second-order valence-electron chi connectivity index (χ2n) is 8.32. The number of rotatable bonds is 6. The van der Waals surface area contributed by atoms with Gasteiger partial charge >= 0.3 is 0 Å². The molecule has 33 heavy (non-hydrogen) atoms. The van der Waals surface area contributed by atoms with Crippen molar-refractivity contribution in [3.05, 3.63) is 0 Å². The van der Waals surface area contributed by atoms with Gasteiger partial charge in [0.25, 0.3) is 0 Å². The van der Waals surface area contributed by atoms with E-state index in [1.54, 1.807) is 0 Å². The Morgan fingerprint density at radius 1 is 0.545 bits per heavy atom. The molecule has 3 fully saturated rings. The lowest BCUT2D eigenvalue weighted by molar-refractivity contribution is -0.382. The van der Waals surface area contributed by atoms with E-state index in [0.29, 0.717) is 0 Å². The van der Waals surface area contributed by atoms with Crippen LogP contribution in [0.25, 0.3) is 0 Å². The summed E-state index contributed by atoms with van der Waals surface area (Å²) in [4.78, 5) is 0. The van der Waals surface area contributed by atoms with Crippen LogP contribution in [0, 0.1) is 0 Å². The largest absolute Gasteiger partial charge is 0.394 e. The molecule has 1 unspecified atom stereocenters. The van der Waals surface area contributed by atoms with Gasteiger partial charge in [0.1, 0.15) is 67.1 Å². The van der Waals surface area contributed by atoms with Gasteiger partial charge in [-0.15, -0.1) is 0 Å². The predicted molar refractivity (Wildman–Crippen MR) is 99.8 cm³/mol. The second-order valence-corrected chi connectivity index (χ2v) is 8.32. The van der Waals surface area contributed by atoms with Crippen molar-refractivity contribution < 1.29 is 74.7 Å². The molecule has 15 nitrogen and oxygen atoms in total. The molecule has 0 amide bonds. The van der Waals surface area contributed by atoms with Gasteiger partial charge in [0.2, 0.25) is 0 Å². The van der Waals surface area contributed by atoms with Crippen molar-refractivity contribution in [1.82, 2.24) is 0 Å². The molecule has 0 bridgehead atoms. The summed E-state index contributed by atoms with van der Waals surface area (Å²) in [6, 6.07) is 0. The van der Waals surface area contributed by atoms with Gasteiger partial charge in [-0.3, -0.25) is 0 Å². The molecule has 194 valence electrons. The normalized spacial score (nSPS) is 53.7. The van der Waals surface area contributed by atoms with E-state index in [4.69, 9.17) is 23.7 Å². The van der Waals surface area contributed by atoms with E-state index in [2.05, 4.69) is 0 Å². The zero-order valence-corrected chi connectivity index (χ0v) is 17.6. The lowest BCUT2D eigenvalue weighted by Gasteiger charge is -2.48. The first-order valence-corrected chi connectivity index (χ1v) is 10.4. The molecule has 0 aromatic rings. The third kappa shape index (κ3) is 5.32. The minimum atomic E-state index is -1.88. The van der Waals surface area contributed by atoms with Crippen LogP contribution in [0.2, 0.25) is 0 Å². The number of ether oxygens (including phenoxy) is 5. The van der Waals surface area contributed by atoms with E-state index < -0.39 is 105 Å². The van der Waals surface area contributed by atoms with Crippen LogP contribution in [0.5, 0.6) is 0 Å². The van der Waals surface area contributed by atoms with Gasteiger partial charge < -0.3 is 74.7 Å². The van der Waals surface area contributed by atoms with Crippen molar-refractivity contribution in [3.8, 4) is 0 Å². The minimum Gasteiger partial charge on any atom is -0.394 e. The van der Waals surface area contributed by atoms with Crippen LogP contribution >= 0.6 is 0 Å². The zero-order valence-electron chi connectivity index (χ0n) is 17.6. The van der Waals surface area contributed by atoms with Gasteiger partial charge in [0, 0.05) is 0 Å². The minimum absolute atomic E-state index is 0.739. The van der Waals surface area contributed by atoms with E-state index in [1.165, 1.54) is 6.92 Å². The summed E-state index contributed by atoms with van der Waals surface area (Å²) in [6.45, 7) is -0.127. The van der Waals surface area contributed by atoms with Crippen molar-refractivity contribution in [3.63, 3.8) is 0 Å². The van der Waals surface area contributed by atoms with Gasteiger partial charge in [0.15, 0.2) is 18.9 Å². The highest BCUT2D eigenvalue weighted by molar-refractivity contribution is 4.96. The topological polar surface area (TPSA) is 248 Å². The molecule has 3 rings (SSSR count). The predicted octanol–water partition coefficient (Wildman–Crippen LogP) is -6.55. The molecule has 3 saturated heterocycles. The maximum absolute atomic E-state index is 10.5. The molecule has 3 heterocycles. The fourth-order valence-corrected chi connectivity index (χ4v) is 3.99.